The van der Waals surface area contributed by atoms with Gasteiger partial charge >= 0.3 is 0 Å². The number of hydrogen-bond donors (Lipinski definition) is 1. The molecule has 9 rings (SSSR count). The van der Waals surface area contributed by atoms with E-state index in [-0.39, 0.29) is 0 Å². The Hall–Kier alpha value is -6.92. The summed E-state index contributed by atoms with van der Waals surface area (Å²) in [6.45, 7) is 6.70. The van der Waals surface area contributed by atoms with E-state index in [1.54, 1.807) is 6.20 Å². The molecule has 6 heteroatoms. The maximum Gasteiger partial charge on any atom is 0.182 e. The first kappa shape index (κ1) is 30.2. The molecule has 0 aliphatic carbocycles. The minimum Gasteiger partial charge on any atom is -0.355 e. The first-order valence-electron chi connectivity index (χ1n) is 16.9. The molecule has 0 fully saturated rings. The third-order valence-corrected chi connectivity index (χ3v) is 9.42. The maximum atomic E-state index is 4.90. The molecule has 4 aromatic heterocycles. The van der Waals surface area contributed by atoms with Crippen molar-refractivity contribution in [2.45, 2.75) is 6.92 Å². The van der Waals surface area contributed by atoms with Gasteiger partial charge in [-0.15, -0.1) is 0 Å². The average Bonchev–Trinajstić information content (AvgIpc) is 3.71. The van der Waals surface area contributed by atoms with Crippen LogP contribution < -0.4 is 10.6 Å². The van der Waals surface area contributed by atoms with E-state index in [4.69, 9.17) is 15.0 Å². The Morgan fingerprint density at radius 3 is 2.08 bits per heavy atom. The van der Waals surface area contributed by atoms with Gasteiger partial charge in [0.05, 0.1) is 10.9 Å². The van der Waals surface area contributed by atoms with Crippen LogP contribution in [0.5, 0.6) is 0 Å². The number of H-pyrrole nitrogens is 1. The molecule has 51 heavy (non-hydrogen) atoms. The van der Waals surface area contributed by atoms with Gasteiger partial charge in [-0.05, 0) is 84.8 Å². The number of fused-ring (bicyclic) bond motifs is 4. The molecular formula is C45H32N6. The molecule has 0 spiro atoms. The van der Waals surface area contributed by atoms with Crippen molar-refractivity contribution in [1.29, 1.82) is 0 Å². The number of benzene rings is 5. The first-order valence-corrected chi connectivity index (χ1v) is 16.9. The lowest BCUT2D eigenvalue weighted by atomic mass is 10.0. The SMILES string of the molecule is C=c1/c(=C\C=C(/C)c2ccc3[nH]c4ccccc4c3c2)n(-c2ccc(-c3nc(-c4ccccc4)nc(-c4ccccn4)n3)cc2)c2ccccc12. The average molecular weight is 657 g/mol. The highest BCUT2D eigenvalue weighted by atomic mass is 15.0. The summed E-state index contributed by atoms with van der Waals surface area (Å²) in [5, 5.41) is 5.58. The van der Waals surface area contributed by atoms with E-state index in [1.165, 1.54) is 21.9 Å². The monoisotopic (exact) mass is 656 g/mol. The summed E-state index contributed by atoms with van der Waals surface area (Å²) in [7, 11) is 0. The van der Waals surface area contributed by atoms with E-state index in [0.717, 1.165) is 49.3 Å². The molecule has 9 aromatic rings. The van der Waals surface area contributed by atoms with E-state index < -0.39 is 0 Å². The van der Waals surface area contributed by atoms with E-state index in [2.05, 4.69) is 131 Å². The number of allylic oxidation sites excluding steroid dienone is 2. The van der Waals surface area contributed by atoms with Crippen molar-refractivity contribution < 1.29 is 0 Å². The van der Waals surface area contributed by atoms with Gasteiger partial charge in [-0.3, -0.25) is 4.98 Å². The van der Waals surface area contributed by atoms with Crippen LogP contribution in [0.4, 0.5) is 0 Å². The maximum absolute atomic E-state index is 4.90. The third kappa shape index (κ3) is 5.49. The second-order valence-electron chi connectivity index (χ2n) is 12.6. The summed E-state index contributed by atoms with van der Waals surface area (Å²) in [6, 6.07) is 47.6. The summed E-state index contributed by atoms with van der Waals surface area (Å²) in [6.07, 6.45) is 6.13. The van der Waals surface area contributed by atoms with Crippen molar-refractivity contribution in [2.24, 2.45) is 0 Å². The summed E-state index contributed by atoms with van der Waals surface area (Å²) in [4.78, 5) is 22.6. The van der Waals surface area contributed by atoms with E-state index in [0.29, 0.717) is 23.2 Å². The fraction of sp³-hybridized carbons (Fsp3) is 0.0222. The van der Waals surface area contributed by atoms with Crippen LogP contribution in [0.1, 0.15) is 12.5 Å². The zero-order chi connectivity index (χ0) is 34.3. The second kappa shape index (κ2) is 12.5. The zero-order valence-corrected chi connectivity index (χ0v) is 28.0. The van der Waals surface area contributed by atoms with Gasteiger partial charge < -0.3 is 9.55 Å². The number of nitrogens with zero attached hydrogens (tertiary/aromatic N) is 5. The Morgan fingerprint density at radius 2 is 1.29 bits per heavy atom. The first-order chi connectivity index (χ1) is 25.1. The Labute approximate surface area is 294 Å². The smallest absolute Gasteiger partial charge is 0.182 e. The number of nitrogens with one attached hydrogen (secondary N) is 1. The van der Waals surface area contributed by atoms with Gasteiger partial charge in [-0.2, -0.15) is 0 Å². The second-order valence-corrected chi connectivity index (χ2v) is 12.6. The van der Waals surface area contributed by atoms with Gasteiger partial charge in [0.1, 0.15) is 5.69 Å². The van der Waals surface area contributed by atoms with Crippen LogP contribution in [0.15, 0.2) is 152 Å². The summed E-state index contributed by atoms with van der Waals surface area (Å²) < 4.78 is 2.27. The number of rotatable bonds is 6. The Morgan fingerprint density at radius 1 is 0.627 bits per heavy atom. The fourth-order valence-electron chi connectivity index (χ4n) is 6.76. The number of aromatic amines is 1. The van der Waals surface area contributed by atoms with E-state index in [1.807, 2.05) is 48.5 Å². The van der Waals surface area contributed by atoms with Crippen molar-refractivity contribution in [2.75, 3.05) is 0 Å². The van der Waals surface area contributed by atoms with Crippen molar-refractivity contribution in [1.82, 2.24) is 29.5 Å². The molecule has 0 radical (unpaired) electrons. The van der Waals surface area contributed by atoms with E-state index in [9.17, 15) is 0 Å². The van der Waals surface area contributed by atoms with Crippen LogP contribution >= 0.6 is 0 Å². The van der Waals surface area contributed by atoms with Gasteiger partial charge in [-0.1, -0.05) is 91.5 Å². The van der Waals surface area contributed by atoms with Crippen LogP contribution in [0, 0.1) is 0 Å². The number of para-hydroxylation sites is 2. The molecule has 0 saturated heterocycles. The van der Waals surface area contributed by atoms with Gasteiger partial charge in [0, 0.05) is 55.4 Å². The van der Waals surface area contributed by atoms with Crippen LogP contribution in [0.25, 0.3) is 90.9 Å². The molecule has 6 nitrogen and oxygen atoms in total. The fourth-order valence-corrected chi connectivity index (χ4v) is 6.76. The van der Waals surface area contributed by atoms with Crippen LogP contribution in [0.3, 0.4) is 0 Å². The standard InChI is InChI=1S/C45H32N6/c1-29(33-22-25-39-37(28-33)36-15-6-8-16-38(36)47-39)19-26-41-30(2)35-14-7-9-18-42(35)51(41)34-23-20-32(21-24-34)44-48-43(31-12-4-3-5-13-31)49-45(50-44)40-17-10-11-27-46-40/h3-28,47H,2H2,1H3/b29-19+,41-26+. The molecule has 0 bridgehead atoms. The third-order valence-electron chi connectivity index (χ3n) is 9.42. The molecule has 0 aliphatic heterocycles. The molecule has 1 N–H and O–H groups in total. The summed E-state index contributed by atoms with van der Waals surface area (Å²) >= 11 is 0. The lowest BCUT2D eigenvalue weighted by molar-refractivity contribution is 1.05. The van der Waals surface area contributed by atoms with Crippen molar-refractivity contribution in [3.05, 3.63) is 168 Å². The Kier molecular flexibility index (Phi) is 7.40. The minimum absolute atomic E-state index is 0.532. The lowest BCUT2D eigenvalue weighted by Gasteiger charge is -2.10. The minimum atomic E-state index is 0.532. The van der Waals surface area contributed by atoms with Crippen LogP contribution in [0.2, 0.25) is 0 Å². The van der Waals surface area contributed by atoms with Gasteiger partial charge in [0.25, 0.3) is 0 Å². The molecule has 0 saturated carbocycles. The quantitative estimate of drug-likeness (QED) is 0.194. The normalized spacial score (nSPS) is 12.3. The van der Waals surface area contributed by atoms with Crippen molar-refractivity contribution in [3.63, 3.8) is 0 Å². The van der Waals surface area contributed by atoms with Crippen molar-refractivity contribution in [3.8, 4) is 40.0 Å². The highest BCUT2D eigenvalue weighted by Crippen LogP contribution is 2.29. The molecule has 5 aromatic carbocycles. The van der Waals surface area contributed by atoms with Crippen LogP contribution in [-0.4, -0.2) is 29.5 Å². The molecule has 0 unspecified atom stereocenters. The molecule has 4 heterocycles. The summed E-state index contributed by atoms with van der Waals surface area (Å²) in [5.74, 6) is 1.72. The molecular weight excluding hydrogens is 625 g/mol. The molecule has 0 amide bonds. The summed E-state index contributed by atoms with van der Waals surface area (Å²) in [5.41, 5.74) is 9.25. The Balaban J connectivity index is 1.14. The van der Waals surface area contributed by atoms with E-state index >= 15 is 0 Å². The van der Waals surface area contributed by atoms with Gasteiger partial charge in [0.15, 0.2) is 17.5 Å². The molecule has 0 aliphatic rings. The molecule has 242 valence electrons. The Bertz CT molecular complexity index is 2810. The predicted octanol–water partition coefficient (Wildman–Crippen LogP) is 9.14. The lowest BCUT2D eigenvalue weighted by Crippen LogP contribution is -2.27. The predicted molar refractivity (Wildman–Crippen MR) is 209 cm³/mol. The van der Waals surface area contributed by atoms with Gasteiger partial charge in [0.2, 0.25) is 0 Å². The van der Waals surface area contributed by atoms with Crippen molar-refractivity contribution >= 4 is 50.9 Å². The number of hydrogen-bond acceptors (Lipinski definition) is 4. The highest BCUT2D eigenvalue weighted by molar-refractivity contribution is 6.08. The zero-order valence-electron chi connectivity index (χ0n) is 28.0. The number of pyridine rings is 1. The molecule has 0 atom stereocenters. The topological polar surface area (TPSA) is 72.3 Å². The largest absolute Gasteiger partial charge is 0.355 e. The van der Waals surface area contributed by atoms with Crippen LogP contribution in [-0.2, 0) is 0 Å². The highest BCUT2D eigenvalue weighted by Gasteiger charge is 2.14. The van der Waals surface area contributed by atoms with Gasteiger partial charge in [-0.25, -0.2) is 15.0 Å². The number of aromatic nitrogens is 6.